The zero-order valence-corrected chi connectivity index (χ0v) is 9.33. The van der Waals surface area contributed by atoms with Crippen LogP contribution in [-0.2, 0) is 0 Å². The lowest BCUT2D eigenvalue weighted by Gasteiger charge is -2.39. The van der Waals surface area contributed by atoms with Crippen LogP contribution in [0.3, 0.4) is 0 Å². The number of halogens is 1. The number of nitrogens with zero attached hydrogens (tertiary/aromatic N) is 1. The molecule has 0 aliphatic carbocycles. The third-order valence-corrected chi connectivity index (χ3v) is 2.71. The zero-order chi connectivity index (χ0) is 11.0. The highest BCUT2D eigenvalue weighted by atomic mass is 19.1. The lowest BCUT2D eigenvalue weighted by molar-refractivity contribution is 0.263. The number of rotatable bonds is 1. The van der Waals surface area contributed by atoms with E-state index in [-0.39, 0.29) is 5.82 Å². The van der Waals surface area contributed by atoms with Gasteiger partial charge in [0.25, 0.3) is 0 Å². The Hall–Kier alpha value is -1.25. The summed E-state index contributed by atoms with van der Waals surface area (Å²) in [7, 11) is 0. The highest BCUT2D eigenvalue weighted by molar-refractivity contribution is 5.61. The van der Waals surface area contributed by atoms with E-state index in [1.165, 1.54) is 12.1 Å². The van der Waals surface area contributed by atoms with Crippen molar-refractivity contribution >= 4 is 5.69 Å². The van der Waals surface area contributed by atoms with Crippen LogP contribution in [-0.4, -0.2) is 18.7 Å². The largest absolute Gasteiger partial charge is 0.489 e. The molecule has 1 aromatic carbocycles. The summed E-state index contributed by atoms with van der Waals surface area (Å²) in [5.41, 5.74) is 0.991. The lowest BCUT2D eigenvalue weighted by Crippen LogP contribution is -2.45. The minimum Gasteiger partial charge on any atom is -0.489 e. The SMILES string of the molecule is CC(C)N1c2ccc(F)cc2OCC1C. The Labute approximate surface area is 89.7 Å². The summed E-state index contributed by atoms with van der Waals surface area (Å²) in [6.07, 6.45) is 0. The van der Waals surface area contributed by atoms with Gasteiger partial charge in [-0.1, -0.05) is 0 Å². The summed E-state index contributed by atoms with van der Waals surface area (Å²) < 4.78 is 18.5. The van der Waals surface area contributed by atoms with Crippen LogP contribution in [0.15, 0.2) is 18.2 Å². The fourth-order valence-corrected chi connectivity index (χ4v) is 2.13. The molecule has 0 bridgehead atoms. The van der Waals surface area contributed by atoms with Crippen molar-refractivity contribution in [3.63, 3.8) is 0 Å². The summed E-state index contributed by atoms with van der Waals surface area (Å²) >= 11 is 0. The van der Waals surface area contributed by atoms with Crippen LogP contribution in [0, 0.1) is 5.82 Å². The molecule has 1 atom stereocenters. The predicted octanol–water partition coefficient (Wildman–Crippen LogP) is 2.82. The van der Waals surface area contributed by atoms with Gasteiger partial charge in [-0.25, -0.2) is 4.39 Å². The van der Waals surface area contributed by atoms with Crippen LogP contribution < -0.4 is 9.64 Å². The molecule has 0 spiro atoms. The molecule has 82 valence electrons. The van der Waals surface area contributed by atoms with Gasteiger partial charge in [0.1, 0.15) is 18.2 Å². The van der Waals surface area contributed by atoms with E-state index in [2.05, 4.69) is 25.7 Å². The van der Waals surface area contributed by atoms with Gasteiger partial charge in [0.15, 0.2) is 0 Å². The second-order valence-electron chi connectivity index (χ2n) is 4.27. The predicted molar refractivity (Wildman–Crippen MR) is 59.0 cm³/mol. The fourth-order valence-electron chi connectivity index (χ4n) is 2.13. The molecule has 0 fully saturated rings. The van der Waals surface area contributed by atoms with E-state index in [1.807, 2.05) is 0 Å². The number of benzene rings is 1. The second-order valence-corrected chi connectivity index (χ2v) is 4.27. The Kier molecular flexibility index (Phi) is 2.55. The fraction of sp³-hybridized carbons (Fsp3) is 0.500. The Morgan fingerprint density at radius 3 is 2.87 bits per heavy atom. The molecule has 0 saturated heterocycles. The third-order valence-electron chi connectivity index (χ3n) is 2.71. The summed E-state index contributed by atoms with van der Waals surface area (Å²) in [5.74, 6) is 0.411. The summed E-state index contributed by atoms with van der Waals surface area (Å²) in [6, 6.07) is 5.46. The molecule has 2 nitrogen and oxygen atoms in total. The van der Waals surface area contributed by atoms with Gasteiger partial charge in [0.05, 0.1) is 11.7 Å². The Bertz CT molecular complexity index is 365. The molecule has 1 aromatic rings. The van der Waals surface area contributed by atoms with E-state index >= 15 is 0 Å². The van der Waals surface area contributed by atoms with Crippen molar-refractivity contribution in [2.24, 2.45) is 0 Å². The lowest BCUT2D eigenvalue weighted by atomic mass is 10.1. The van der Waals surface area contributed by atoms with Crippen LogP contribution in [0.25, 0.3) is 0 Å². The van der Waals surface area contributed by atoms with Gasteiger partial charge in [0, 0.05) is 12.1 Å². The first-order chi connectivity index (χ1) is 7.09. The van der Waals surface area contributed by atoms with Gasteiger partial charge in [-0.15, -0.1) is 0 Å². The van der Waals surface area contributed by atoms with Crippen LogP contribution in [0.2, 0.25) is 0 Å². The minimum absolute atomic E-state index is 0.244. The molecule has 0 saturated carbocycles. The number of anilines is 1. The molecule has 15 heavy (non-hydrogen) atoms. The summed E-state index contributed by atoms with van der Waals surface area (Å²) in [6.45, 7) is 7.00. The monoisotopic (exact) mass is 209 g/mol. The highest BCUT2D eigenvalue weighted by Crippen LogP contribution is 2.35. The van der Waals surface area contributed by atoms with Crippen molar-refractivity contribution in [1.82, 2.24) is 0 Å². The first-order valence-corrected chi connectivity index (χ1v) is 5.30. The molecule has 1 unspecified atom stereocenters. The van der Waals surface area contributed by atoms with Crippen molar-refractivity contribution in [1.29, 1.82) is 0 Å². The first kappa shape index (κ1) is 10.3. The quantitative estimate of drug-likeness (QED) is 0.705. The van der Waals surface area contributed by atoms with Gasteiger partial charge in [-0.2, -0.15) is 0 Å². The Morgan fingerprint density at radius 2 is 2.20 bits per heavy atom. The van der Waals surface area contributed by atoms with Crippen LogP contribution in [0.5, 0.6) is 5.75 Å². The molecule has 1 aliphatic heterocycles. The van der Waals surface area contributed by atoms with Gasteiger partial charge in [-0.05, 0) is 32.9 Å². The van der Waals surface area contributed by atoms with Crippen molar-refractivity contribution in [2.75, 3.05) is 11.5 Å². The molecule has 3 heteroatoms. The van der Waals surface area contributed by atoms with E-state index in [0.29, 0.717) is 24.4 Å². The molecule has 2 rings (SSSR count). The molecule has 0 N–H and O–H groups in total. The third kappa shape index (κ3) is 1.78. The standard InChI is InChI=1S/C12H16FNO/c1-8(2)14-9(3)7-15-12-6-10(13)4-5-11(12)14/h4-6,8-9H,7H2,1-3H3. The van der Waals surface area contributed by atoms with Crippen molar-refractivity contribution in [3.8, 4) is 5.75 Å². The van der Waals surface area contributed by atoms with Gasteiger partial charge < -0.3 is 9.64 Å². The van der Waals surface area contributed by atoms with E-state index in [0.717, 1.165) is 5.69 Å². The number of fused-ring (bicyclic) bond motifs is 1. The molecule has 1 aliphatic rings. The van der Waals surface area contributed by atoms with Crippen LogP contribution in [0.4, 0.5) is 10.1 Å². The summed E-state index contributed by atoms with van der Waals surface area (Å²) in [5, 5.41) is 0. The average Bonchev–Trinajstić information content (AvgIpc) is 2.17. The van der Waals surface area contributed by atoms with E-state index < -0.39 is 0 Å². The van der Waals surface area contributed by atoms with E-state index in [1.54, 1.807) is 6.07 Å². The van der Waals surface area contributed by atoms with Gasteiger partial charge in [-0.3, -0.25) is 0 Å². The van der Waals surface area contributed by atoms with Crippen LogP contribution in [0.1, 0.15) is 20.8 Å². The number of hydrogen-bond acceptors (Lipinski definition) is 2. The van der Waals surface area contributed by atoms with Gasteiger partial charge in [0.2, 0.25) is 0 Å². The highest BCUT2D eigenvalue weighted by Gasteiger charge is 2.26. The Morgan fingerprint density at radius 1 is 1.47 bits per heavy atom. The molecular weight excluding hydrogens is 193 g/mol. The average molecular weight is 209 g/mol. The Balaban J connectivity index is 2.43. The van der Waals surface area contributed by atoms with Crippen molar-refractivity contribution in [3.05, 3.63) is 24.0 Å². The van der Waals surface area contributed by atoms with Crippen molar-refractivity contribution < 1.29 is 9.13 Å². The van der Waals surface area contributed by atoms with E-state index in [4.69, 9.17) is 4.74 Å². The normalized spacial score (nSPS) is 20.1. The topological polar surface area (TPSA) is 12.5 Å². The molecule has 0 aromatic heterocycles. The summed E-state index contributed by atoms with van der Waals surface area (Å²) in [4.78, 5) is 2.26. The maximum absolute atomic E-state index is 13.0. The second kappa shape index (κ2) is 3.72. The molecule has 0 radical (unpaired) electrons. The van der Waals surface area contributed by atoms with Crippen molar-refractivity contribution in [2.45, 2.75) is 32.9 Å². The molecule has 0 amide bonds. The zero-order valence-electron chi connectivity index (χ0n) is 9.33. The first-order valence-electron chi connectivity index (χ1n) is 5.30. The van der Waals surface area contributed by atoms with Crippen LogP contribution >= 0.6 is 0 Å². The number of ether oxygens (including phenoxy) is 1. The smallest absolute Gasteiger partial charge is 0.145 e. The maximum Gasteiger partial charge on any atom is 0.145 e. The van der Waals surface area contributed by atoms with Gasteiger partial charge >= 0.3 is 0 Å². The minimum atomic E-state index is -0.244. The van der Waals surface area contributed by atoms with E-state index in [9.17, 15) is 4.39 Å². The number of hydrogen-bond donors (Lipinski definition) is 0. The maximum atomic E-state index is 13.0. The molecule has 1 heterocycles. The molecular formula is C12H16FNO.